The molecule has 2 aliphatic heterocycles. The predicted octanol–water partition coefficient (Wildman–Crippen LogP) is 1.55. The van der Waals surface area contributed by atoms with Gasteiger partial charge in [-0.15, -0.1) is 0 Å². The first-order valence-corrected chi connectivity index (χ1v) is 8.24. The molecule has 126 valence electrons. The number of rotatable bonds is 1. The van der Waals surface area contributed by atoms with E-state index in [1.165, 1.54) is 0 Å². The number of piperidine rings is 1. The molecule has 0 saturated carbocycles. The van der Waals surface area contributed by atoms with Crippen LogP contribution in [0.25, 0.3) is 0 Å². The lowest BCUT2D eigenvalue weighted by atomic mass is 10.0. The van der Waals surface area contributed by atoms with Crippen LogP contribution in [0, 0.1) is 0 Å². The second kappa shape index (κ2) is 6.86. The Balaban J connectivity index is 1.76. The summed E-state index contributed by atoms with van der Waals surface area (Å²) in [7, 11) is 0. The molecule has 6 nitrogen and oxygen atoms in total. The van der Waals surface area contributed by atoms with Crippen LogP contribution in [0.4, 0.5) is 4.79 Å². The first-order valence-electron chi connectivity index (χ1n) is 8.24. The van der Waals surface area contributed by atoms with E-state index < -0.39 is 5.60 Å². The smallest absolute Gasteiger partial charge is 0.410 e. The third-order valence-electron chi connectivity index (χ3n) is 4.39. The zero-order chi connectivity index (χ0) is 16.3. The molecule has 0 radical (unpaired) electrons. The molecule has 0 aliphatic carbocycles. The van der Waals surface area contributed by atoms with Crippen molar-refractivity contribution < 1.29 is 14.3 Å². The number of amides is 2. The summed E-state index contributed by atoms with van der Waals surface area (Å²) in [6.45, 7) is 12.3. The van der Waals surface area contributed by atoms with Gasteiger partial charge in [-0.2, -0.15) is 0 Å². The number of likely N-dealkylation sites (tertiary alicyclic amines) is 1. The maximum atomic E-state index is 12.1. The summed E-state index contributed by atoms with van der Waals surface area (Å²) < 4.78 is 5.42. The average Bonchev–Trinajstić information content (AvgIpc) is 2.46. The molecular formula is C16H29N3O3. The van der Waals surface area contributed by atoms with Gasteiger partial charge in [-0.1, -0.05) is 0 Å². The Morgan fingerprint density at radius 2 is 1.45 bits per heavy atom. The van der Waals surface area contributed by atoms with Crippen molar-refractivity contribution in [3.05, 3.63) is 0 Å². The number of piperazine rings is 1. The average molecular weight is 311 g/mol. The Labute approximate surface area is 133 Å². The third kappa shape index (κ3) is 4.60. The van der Waals surface area contributed by atoms with E-state index in [1.807, 2.05) is 25.7 Å². The highest BCUT2D eigenvalue weighted by Gasteiger charge is 2.30. The van der Waals surface area contributed by atoms with Gasteiger partial charge in [-0.3, -0.25) is 9.69 Å². The molecule has 6 heteroatoms. The minimum absolute atomic E-state index is 0.174. The number of ether oxygens (including phenoxy) is 1. The topological polar surface area (TPSA) is 53.1 Å². The molecule has 22 heavy (non-hydrogen) atoms. The fraction of sp³-hybridized carbons (Fsp3) is 0.875. The molecule has 2 heterocycles. The summed E-state index contributed by atoms with van der Waals surface area (Å²) in [4.78, 5) is 29.6. The van der Waals surface area contributed by atoms with Gasteiger partial charge in [0, 0.05) is 52.2 Å². The molecule has 2 amide bonds. The molecule has 0 aromatic rings. The number of hydrogen-bond donors (Lipinski definition) is 0. The standard InChI is InChI=1S/C16H29N3O3/c1-13(20)17-7-5-14(6-8-17)18-9-11-19(12-10-18)15(21)22-16(2,3)4/h14H,5-12H2,1-4H3. The van der Waals surface area contributed by atoms with Crippen molar-refractivity contribution in [1.29, 1.82) is 0 Å². The van der Waals surface area contributed by atoms with Crippen molar-refractivity contribution in [3.8, 4) is 0 Å². The summed E-state index contributed by atoms with van der Waals surface area (Å²) in [5.74, 6) is 0.174. The zero-order valence-electron chi connectivity index (χ0n) is 14.3. The highest BCUT2D eigenvalue weighted by atomic mass is 16.6. The van der Waals surface area contributed by atoms with Crippen LogP contribution >= 0.6 is 0 Å². The summed E-state index contributed by atoms with van der Waals surface area (Å²) >= 11 is 0. The minimum atomic E-state index is -0.437. The maximum Gasteiger partial charge on any atom is 0.410 e. The van der Waals surface area contributed by atoms with Gasteiger partial charge in [-0.05, 0) is 33.6 Å². The molecule has 2 saturated heterocycles. The Morgan fingerprint density at radius 3 is 1.91 bits per heavy atom. The second-order valence-corrected chi connectivity index (χ2v) is 7.24. The van der Waals surface area contributed by atoms with Gasteiger partial charge in [0.15, 0.2) is 0 Å². The largest absolute Gasteiger partial charge is 0.444 e. The number of carbonyl (C=O) groups is 2. The first kappa shape index (κ1) is 17.1. The van der Waals surface area contributed by atoms with Gasteiger partial charge in [0.2, 0.25) is 5.91 Å². The molecule has 0 unspecified atom stereocenters. The Hall–Kier alpha value is -1.30. The minimum Gasteiger partial charge on any atom is -0.444 e. The Morgan fingerprint density at radius 1 is 0.909 bits per heavy atom. The van der Waals surface area contributed by atoms with E-state index in [2.05, 4.69) is 4.90 Å². The van der Waals surface area contributed by atoms with E-state index in [-0.39, 0.29) is 12.0 Å². The number of carbonyl (C=O) groups excluding carboxylic acids is 2. The molecule has 0 aromatic carbocycles. The van der Waals surface area contributed by atoms with Crippen LogP contribution in [0.2, 0.25) is 0 Å². The molecule has 0 spiro atoms. The van der Waals surface area contributed by atoms with Crippen molar-refractivity contribution in [2.75, 3.05) is 39.3 Å². The summed E-state index contributed by atoms with van der Waals surface area (Å²) in [5.41, 5.74) is -0.437. The molecule has 0 N–H and O–H groups in total. The zero-order valence-corrected chi connectivity index (χ0v) is 14.3. The van der Waals surface area contributed by atoms with Crippen LogP contribution < -0.4 is 0 Å². The van der Waals surface area contributed by atoms with Crippen LogP contribution in [0.15, 0.2) is 0 Å². The monoisotopic (exact) mass is 311 g/mol. The van der Waals surface area contributed by atoms with Gasteiger partial charge < -0.3 is 14.5 Å². The molecule has 2 rings (SSSR count). The number of nitrogens with zero attached hydrogens (tertiary/aromatic N) is 3. The highest BCUT2D eigenvalue weighted by molar-refractivity contribution is 5.73. The molecule has 0 atom stereocenters. The Kier molecular flexibility index (Phi) is 5.32. The summed E-state index contributed by atoms with van der Waals surface area (Å²) in [5, 5.41) is 0. The van der Waals surface area contributed by atoms with E-state index in [4.69, 9.17) is 4.74 Å². The van der Waals surface area contributed by atoms with Crippen LogP contribution in [-0.4, -0.2) is 77.6 Å². The van der Waals surface area contributed by atoms with Gasteiger partial charge in [0.05, 0.1) is 0 Å². The Bertz CT molecular complexity index is 403. The third-order valence-corrected chi connectivity index (χ3v) is 4.39. The predicted molar refractivity (Wildman–Crippen MR) is 84.7 cm³/mol. The van der Waals surface area contributed by atoms with Gasteiger partial charge >= 0.3 is 6.09 Å². The fourth-order valence-corrected chi connectivity index (χ4v) is 3.14. The quantitative estimate of drug-likeness (QED) is 0.737. The van der Waals surface area contributed by atoms with E-state index in [9.17, 15) is 9.59 Å². The molecule has 2 aliphatic rings. The molecule has 0 aromatic heterocycles. The van der Waals surface area contributed by atoms with E-state index in [0.29, 0.717) is 6.04 Å². The van der Waals surface area contributed by atoms with Gasteiger partial charge in [0.25, 0.3) is 0 Å². The first-order chi connectivity index (χ1) is 10.3. The van der Waals surface area contributed by atoms with Crippen molar-refractivity contribution in [2.24, 2.45) is 0 Å². The lowest BCUT2D eigenvalue weighted by molar-refractivity contribution is -0.130. The van der Waals surface area contributed by atoms with Crippen molar-refractivity contribution in [2.45, 2.75) is 52.2 Å². The fourth-order valence-electron chi connectivity index (χ4n) is 3.14. The van der Waals surface area contributed by atoms with Crippen LogP contribution in [-0.2, 0) is 9.53 Å². The van der Waals surface area contributed by atoms with Crippen molar-refractivity contribution in [1.82, 2.24) is 14.7 Å². The lowest BCUT2D eigenvalue weighted by Gasteiger charge is -2.42. The van der Waals surface area contributed by atoms with Crippen molar-refractivity contribution in [3.63, 3.8) is 0 Å². The van der Waals surface area contributed by atoms with Crippen LogP contribution in [0.1, 0.15) is 40.5 Å². The van der Waals surface area contributed by atoms with Crippen LogP contribution in [0.3, 0.4) is 0 Å². The molecule has 2 fully saturated rings. The molecular weight excluding hydrogens is 282 g/mol. The van der Waals surface area contributed by atoms with E-state index in [1.54, 1.807) is 11.8 Å². The highest BCUT2D eigenvalue weighted by Crippen LogP contribution is 2.19. The lowest BCUT2D eigenvalue weighted by Crippen LogP contribution is -2.55. The normalized spacial score (nSPS) is 21.8. The van der Waals surface area contributed by atoms with Gasteiger partial charge in [0.1, 0.15) is 5.60 Å². The maximum absolute atomic E-state index is 12.1. The van der Waals surface area contributed by atoms with Crippen LogP contribution in [0.5, 0.6) is 0 Å². The second-order valence-electron chi connectivity index (χ2n) is 7.24. The summed E-state index contributed by atoms with van der Waals surface area (Å²) in [6.07, 6.45) is 1.86. The van der Waals surface area contributed by atoms with Gasteiger partial charge in [-0.25, -0.2) is 4.79 Å². The van der Waals surface area contributed by atoms with Crippen molar-refractivity contribution >= 4 is 12.0 Å². The summed E-state index contributed by atoms with van der Waals surface area (Å²) in [6, 6.07) is 0.538. The SMILES string of the molecule is CC(=O)N1CCC(N2CCN(C(=O)OC(C)(C)C)CC2)CC1. The molecule has 0 bridgehead atoms. The van der Waals surface area contributed by atoms with E-state index in [0.717, 1.165) is 52.1 Å². The van der Waals surface area contributed by atoms with E-state index >= 15 is 0 Å². The number of hydrogen-bond acceptors (Lipinski definition) is 4.